The summed E-state index contributed by atoms with van der Waals surface area (Å²) < 4.78 is 0. The number of halogens is 1. The van der Waals surface area contributed by atoms with Crippen LogP contribution >= 0.6 is 23.8 Å². The third-order valence-electron chi connectivity index (χ3n) is 3.19. The molecule has 0 bridgehead atoms. The lowest BCUT2D eigenvalue weighted by atomic mass is 10.1. The van der Waals surface area contributed by atoms with Gasteiger partial charge in [-0.25, -0.2) is 9.97 Å². The van der Waals surface area contributed by atoms with Crippen LogP contribution in [0.4, 0.5) is 5.82 Å². The van der Waals surface area contributed by atoms with Crippen LogP contribution in [0.5, 0.6) is 0 Å². The Labute approximate surface area is 128 Å². The molecule has 1 unspecified atom stereocenters. The van der Waals surface area contributed by atoms with Crippen molar-refractivity contribution < 1.29 is 0 Å². The van der Waals surface area contributed by atoms with Gasteiger partial charge in [0.1, 0.15) is 16.5 Å². The van der Waals surface area contributed by atoms with Crippen molar-refractivity contribution in [3.63, 3.8) is 0 Å². The van der Waals surface area contributed by atoms with Gasteiger partial charge in [-0.2, -0.15) is 0 Å². The summed E-state index contributed by atoms with van der Waals surface area (Å²) in [6, 6.07) is 7.83. The van der Waals surface area contributed by atoms with Gasteiger partial charge in [-0.3, -0.25) is 0 Å². The van der Waals surface area contributed by atoms with Crippen molar-refractivity contribution in [1.82, 2.24) is 9.97 Å². The van der Waals surface area contributed by atoms with E-state index in [4.69, 9.17) is 29.6 Å². The zero-order valence-electron chi connectivity index (χ0n) is 11.2. The highest BCUT2D eigenvalue weighted by atomic mass is 35.5. The molecule has 0 aliphatic heterocycles. The van der Waals surface area contributed by atoms with Crippen LogP contribution in [0.25, 0.3) is 0 Å². The smallest absolute Gasteiger partial charge is 0.147 e. The monoisotopic (exact) mass is 306 g/mol. The Kier molecular flexibility index (Phi) is 4.52. The first-order chi connectivity index (χ1) is 9.50. The molecule has 0 aliphatic rings. The van der Waals surface area contributed by atoms with Gasteiger partial charge in [-0.15, -0.1) is 0 Å². The van der Waals surface area contributed by atoms with E-state index in [0.29, 0.717) is 5.69 Å². The molecule has 0 radical (unpaired) electrons. The van der Waals surface area contributed by atoms with Gasteiger partial charge in [0.05, 0.1) is 18.4 Å². The second kappa shape index (κ2) is 6.15. The molecule has 2 N–H and O–H groups in total. The van der Waals surface area contributed by atoms with Crippen molar-refractivity contribution in [1.29, 1.82) is 0 Å². The summed E-state index contributed by atoms with van der Waals surface area (Å²) in [4.78, 5) is 10.8. The first-order valence-corrected chi connectivity index (χ1v) is 6.88. The van der Waals surface area contributed by atoms with Gasteiger partial charge in [0.2, 0.25) is 0 Å². The maximum atomic E-state index is 6.22. The fourth-order valence-electron chi connectivity index (χ4n) is 1.85. The van der Waals surface area contributed by atoms with Gasteiger partial charge in [0.25, 0.3) is 0 Å². The maximum Gasteiger partial charge on any atom is 0.147 e. The van der Waals surface area contributed by atoms with Crippen LogP contribution in [0.15, 0.2) is 36.7 Å². The largest absolute Gasteiger partial charge is 0.388 e. The molecule has 0 fully saturated rings. The second-order valence-electron chi connectivity index (χ2n) is 4.43. The topological polar surface area (TPSA) is 55.0 Å². The molecule has 0 aliphatic carbocycles. The molecule has 104 valence electrons. The normalized spacial score (nSPS) is 11.9. The van der Waals surface area contributed by atoms with E-state index >= 15 is 0 Å². The van der Waals surface area contributed by atoms with E-state index in [-0.39, 0.29) is 11.0 Å². The molecule has 0 amide bonds. The Balaban J connectivity index is 2.24. The zero-order chi connectivity index (χ0) is 14.7. The van der Waals surface area contributed by atoms with Crippen LogP contribution < -0.4 is 10.6 Å². The van der Waals surface area contributed by atoms with Gasteiger partial charge in [-0.05, 0) is 18.6 Å². The summed E-state index contributed by atoms with van der Waals surface area (Å²) >= 11 is 11.1. The average molecular weight is 307 g/mol. The molecular weight excluding hydrogens is 292 g/mol. The number of aromatic nitrogens is 2. The molecule has 0 saturated heterocycles. The third kappa shape index (κ3) is 3.05. The van der Waals surface area contributed by atoms with Crippen LogP contribution in [0, 0.1) is 0 Å². The third-order valence-corrected chi connectivity index (χ3v) is 3.74. The highest BCUT2D eigenvalue weighted by Gasteiger charge is 2.16. The minimum absolute atomic E-state index is 0.0775. The summed E-state index contributed by atoms with van der Waals surface area (Å²) in [6.45, 7) is 2.06. The summed E-state index contributed by atoms with van der Waals surface area (Å²) in [5.74, 6) is 0.734. The molecule has 4 nitrogen and oxygen atoms in total. The SMILES string of the molecule is CC(c1ccccc1Cl)N(C)c1cnc(C(N)=S)cn1. The summed E-state index contributed by atoms with van der Waals surface area (Å²) in [5, 5.41) is 0.736. The van der Waals surface area contributed by atoms with Crippen molar-refractivity contribution in [3.05, 3.63) is 52.9 Å². The molecule has 2 aromatic rings. The van der Waals surface area contributed by atoms with Gasteiger partial charge in [0.15, 0.2) is 0 Å². The van der Waals surface area contributed by atoms with Crippen LogP contribution in [-0.4, -0.2) is 22.0 Å². The zero-order valence-corrected chi connectivity index (χ0v) is 12.8. The fourth-order valence-corrected chi connectivity index (χ4v) is 2.25. The maximum absolute atomic E-state index is 6.22. The molecule has 1 aromatic heterocycles. The number of thiocarbonyl (C=S) groups is 1. The quantitative estimate of drug-likeness (QED) is 0.880. The fraction of sp³-hybridized carbons (Fsp3) is 0.214. The molecule has 0 spiro atoms. The number of rotatable bonds is 4. The summed E-state index contributed by atoms with van der Waals surface area (Å²) in [7, 11) is 1.94. The molecule has 2 rings (SSSR count). The van der Waals surface area contributed by atoms with E-state index in [2.05, 4.69) is 16.9 Å². The van der Waals surface area contributed by atoms with E-state index in [9.17, 15) is 0 Å². The molecule has 0 saturated carbocycles. The molecule has 1 aromatic carbocycles. The predicted molar refractivity (Wildman–Crippen MR) is 86.2 cm³/mol. The molecule has 20 heavy (non-hydrogen) atoms. The molecule has 1 heterocycles. The van der Waals surface area contributed by atoms with Crippen molar-refractivity contribution in [2.45, 2.75) is 13.0 Å². The predicted octanol–water partition coefficient (Wildman–Crippen LogP) is 2.96. The summed E-state index contributed by atoms with van der Waals surface area (Å²) in [6.07, 6.45) is 3.23. The van der Waals surface area contributed by atoms with E-state index in [1.807, 2.05) is 36.2 Å². The Hall–Kier alpha value is -1.72. The Morgan fingerprint density at radius 1 is 1.30 bits per heavy atom. The Morgan fingerprint density at radius 3 is 2.55 bits per heavy atom. The molecular formula is C14H15ClN4S. The molecule has 1 atom stereocenters. The number of hydrogen-bond donors (Lipinski definition) is 1. The Morgan fingerprint density at radius 2 is 2.00 bits per heavy atom. The minimum Gasteiger partial charge on any atom is -0.388 e. The summed E-state index contributed by atoms with van der Waals surface area (Å²) in [5.41, 5.74) is 7.06. The lowest BCUT2D eigenvalue weighted by molar-refractivity contribution is 0.726. The number of nitrogens with two attached hydrogens (primary N) is 1. The van der Waals surface area contributed by atoms with Gasteiger partial charge >= 0.3 is 0 Å². The van der Waals surface area contributed by atoms with E-state index in [0.717, 1.165) is 16.4 Å². The number of benzene rings is 1. The number of hydrogen-bond acceptors (Lipinski definition) is 4. The number of nitrogens with zero attached hydrogens (tertiary/aromatic N) is 3. The van der Waals surface area contributed by atoms with Crippen LogP contribution in [0.1, 0.15) is 24.2 Å². The second-order valence-corrected chi connectivity index (χ2v) is 5.28. The highest BCUT2D eigenvalue weighted by molar-refractivity contribution is 7.80. The van der Waals surface area contributed by atoms with Crippen molar-refractivity contribution in [2.75, 3.05) is 11.9 Å². The van der Waals surface area contributed by atoms with E-state index in [1.165, 1.54) is 0 Å². The number of anilines is 1. The van der Waals surface area contributed by atoms with Crippen molar-refractivity contribution >= 4 is 34.6 Å². The van der Waals surface area contributed by atoms with Gasteiger partial charge in [0, 0.05) is 12.1 Å². The van der Waals surface area contributed by atoms with Crippen molar-refractivity contribution in [2.24, 2.45) is 5.73 Å². The Bertz CT molecular complexity index is 615. The lowest BCUT2D eigenvalue weighted by Crippen LogP contribution is -2.23. The first kappa shape index (κ1) is 14.7. The minimum atomic E-state index is 0.0775. The lowest BCUT2D eigenvalue weighted by Gasteiger charge is -2.26. The van der Waals surface area contributed by atoms with Gasteiger partial charge in [-0.1, -0.05) is 42.0 Å². The average Bonchev–Trinajstić information content (AvgIpc) is 2.46. The van der Waals surface area contributed by atoms with Gasteiger partial charge < -0.3 is 10.6 Å². The molecule has 6 heteroatoms. The van der Waals surface area contributed by atoms with Crippen LogP contribution in [-0.2, 0) is 0 Å². The van der Waals surface area contributed by atoms with Crippen LogP contribution in [0.2, 0.25) is 5.02 Å². The highest BCUT2D eigenvalue weighted by Crippen LogP contribution is 2.28. The van der Waals surface area contributed by atoms with Crippen molar-refractivity contribution in [3.8, 4) is 0 Å². The van der Waals surface area contributed by atoms with Crippen LogP contribution in [0.3, 0.4) is 0 Å². The standard InChI is InChI=1S/C14H15ClN4S/c1-9(10-5-3-4-6-11(10)15)19(2)13-8-17-12(7-18-13)14(16)20/h3-9H,1-2H3,(H2,16,20). The van der Waals surface area contributed by atoms with E-state index in [1.54, 1.807) is 12.4 Å². The van der Waals surface area contributed by atoms with E-state index < -0.39 is 0 Å². The first-order valence-electron chi connectivity index (χ1n) is 6.10.